The van der Waals surface area contributed by atoms with Crippen LogP contribution in [0.1, 0.15) is 35.8 Å². The summed E-state index contributed by atoms with van der Waals surface area (Å²) in [5.41, 5.74) is 3.55. The van der Waals surface area contributed by atoms with Crippen LogP contribution in [0.5, 0.6) is 0 Å². The first-order chi connectivity index (χ1) is 11.7. The summed E-state index contributed by atoms with van der Waals surface area (Å²) in [5, 5.41) is 0.645. The molecule has 2 aromatic carbocycles. The number of hydrogen-bond acceptors (Lipinski definition) is 3. The van der Waals surface area contributed by atoms with Gasteiger partial charge in [-0.3, -0.25) is 9.69 Å². The zero-order chi connectivity index (χ0) is 16.5. The van der Waals surface area contributed by atoms with Crippen molar-refractivity contribution in [3.05, 3.63) is 75.8 Å². The highest BCUT2D eigenvalue weighted by atomic mass is 16.1. The van der Waals surface area contributed by atoms with Gasteiger partial charge in [-0.1, -0.05) is 36.4 Å². The molecule has 24 heavy (non-hydrogen) atoms. The first-order valence-corrected chi connectivity index (χ1v) is 8.48. The molecule has 0 radical (unpaired) electrons. The van der Waals surface area contributed by atoms with Gasteiger partial charge in [-0.15, -0.1) is 0 Å². The molecule has 1 aliphatic rings. The lowest BCUT2D eigenvalue weighted by Crippen LogP contribution is -2.29. The quantitative estimate of drug-likeness (QED) is 0.804. The van der Waals surface area contributed by atoms with Crippen LogP contribution in [-0.2, 0) is 13.0 Å². The number of aromatic amines is 1. The predicted octanol–water partition coefficient (Wildman–Crippen LogP) is 3.43. The number of H-pyrrole nitrogens is 1. The van der Waals surface area contributed by atoms with Gasteiger partial charge in [0.25, 0.3) is 5.56 Å². The summed E-state index contributed by atoms with van der Waals surface area (Å²) in [6.07, 6.45) is 3.50. The molecule has 0 amide bonds. The normalized spacial score (nSPS) is 17.2. The van der Waals surface area contributed by atoms with Crippen molar-refractivity contribution < 1.29 is 0 Å². The average molecular weight is 319 g/mol. The maximum absolute atomic E-state index is 12.2. The molecule has 0 unspecified atom stereocenters. The Morgan fingerprint density at radius 2 is 1.96 bits per heavy atom. The van der Waals surface area contributed by atoms with Gasteiger partial charge in [-0.2, -0.15) is 0 Å². The second-order valence-corrected chi connectivity index (χ2v) is 6.55. The Bertz CT molecular complexity index is 931. The third kappa shape index (κ3) is 2.74. The number of nitrogens with zero attached hydrogens (tertiary/aromatic N) is 2. The third-order valence-electron chi connectivity index (χ3n) is 4.93. The van der Waals surface area contributed by atoms with Gasteiger partial charge in [0.05, 0.1) is 17.4 Å². The maximum atomic E-state index is 12.2. The zero-order valence-electron chi connectivity index (χ0n) is 13.8. The van der Waals surface area contributed by atoms with Crippen LogP contribution in [0.4, 0.5) is 0 Å². The van der Waals surface area contributed by atoms with Crippen LogP contribution in [-0.4, -0.2) is 21.9 Å². The van der Waals surface area contributed by atoms with Gasteiger partial charge < -0.3 is 4.98 Å². The van der Waals surface area contributed by atoms with Crippen molar-refractivity contribution in [2.75, 3.05) is 7.05 Å². The van der Waals surface area contributed by atoms with Gasteiger partial charge in [-0.25, -0.2) is 4.98 Å². The molecule has 4 nitrogen and oxygen atoms in total. The van der Waals surface area contributed by atoms with Crippen molar-refractivity contribution in [3.63, 3.8) is 0 Å². The third-order valence-corrected chi connectivity index (χ3v) is 4.93. The molecule has 122 valence electrons. The van der Waals surface area contributed by atoms with E-state index in [1.54, 1.807) is 0 Å². The van der Waals surface area contributed by atoms with E-state index < -0.39 is 0 Å². The number of aromatic nitrogens is 2. The summed E-state index contributed by atoms with van der Waals surface area (Å²) < 4.78 is 0. The molecule has 1 heterocycles. The van der Waals surface area contributed by atoms with E-state index in [-0.39, 0.29) is 5.56 Å². The molecule has 4 rings (SSSR count). The topological polar surface area (TPSA) is 49.0 Å². The van der Waals surface area contributed by atoms with Gasteiger partial charge in [0.2, 0.25) is 0 Å². The minimum Gasteiger partial charge on any atom is -0.309 e. The van der Waals surface area contributed by atoms with E-state index in [1.165, 1.54) is 17.5 Å². The van der Waals surface area contributed by atoms with Crippen molar-refractivity contribution in [2.24, 2.45) is 0 Å². The minimum atomic E-state index is -0.0620. The molecule has 0 aliphatic heterocycles. The number of fused-ring (bicyclic) bond motifs is 2. The molecule has 1 aliphatic carbocycles. The highest BCUT2D eigenvalue weighted by molar-refractivity contribution is 5.77. The van der Waals surface area contributed by atoms with Crippen LogP contribution in [0.2, 0.25) is 0 Å². The lowest BCUT2D eigenvalue weighted by atomic mass is 9.87. The monoisotopic (exact) mass is 319 g/mol. The average Bonchev–Trinajstić information content (AvgIpc) is 2.61. The van der Waals surface area contributed by atoms with E-state index in [0.29, 0.717) is 18.0 Å². The summed E-state index contributed by atoms with van der Waals surface area (Å²) in [6, 6.07) is 16.5. The summed E-state index contributed by atoms with van der Waals surface area (Å²) in [4.78, 5) is 22.1. The van der Waals surface area contributed by atoms with Gasteiger partial charge in [0.1, 0.15) is 5.82 Å². The number of aryl methyl sites for hydroxylation is 1. The van der Waals surface area contributed by atoms with Gasteiger partial charge >= 0.3 is 0 Å². The lowest BCUT2D eigenvalue weighted by Gasteiger charge is -2.33. The largest absolute Gasteiger partial charge is 0.309 e. The summed E-state index contributed by atoms with van der Waals surface area (Å²) in [6.45, 7) is 0.638. The Morgan fingerprint density at radius 1 is 1.17 bits per heavy atom. The fourth-order valence-corrected chi connectivity index (χ4v) is 3.74. The molecule has 3 aromatic rings. The van der Waals surface area contributed by atoms with Crippen molar-refractivity contribution >= 4 is 10.9 Å². The first kappa shape index (κ1) is 15.1. The molecule has 0 saturated heterocycles. The van der Waals surface area contributed by atoms with Gasteiger partial charge in [-0.05, 0) is 49.6 Å². The first-order valence-electron chi connectivity index (χ1n) is 8.48. The lowest BCUT2D eigenvalue weighted by molar-refractivity contribution is 0.208. The molecular weight excluding hydrogens is 298 g/mol. The van der Waals surface area contributed by atoms with Gasteiger partial charge in [0, 0.05) is 6.04 Å². The van der Waals surface area contributed by atoms with Crippen molar-refractivity contribution in [1.82, 2.24) is 14.9 Å². The van der Waals surface area contributed by atoms with E-state index in [2.05, 4.69) is 46.2 Å². The van der Waals surface area contributed by atoms with E-state index >= 15 is 0 Å². The Labute approximate surface area is 141 Å². The van der Waals surface area contributed by atoms with Crippen LogP contribution < -0.4 is 5.56 Å². The standard InChI is InChI=1S/C20H21N3O/c1-23(18-12-6-8-14-7-2-3-9-15(14)18)13-19-21-17-11-5-4-10-16(17)20(24)22-19/h2-5,7,9-11,18H,6,8,12-13H2,1H3,(H,21,22,24)/t18-/m1/s1. The SMILES string of the molecule is CN(Cc1nc2ccccc2c(=O)[nH]1)[C@@H]1CCCc2ccccc21. The summed E-state index contributed by atoms with van der Waals surface area (Å²) >= 11 is 0. The fourth-order valence-electron chi connectivity index (χ4n) is 3.74. The fraction of sp³-hybridized carbons (Fsp3) is 0.300. The number of benzene rings is 2. The molecule has 4 heteroatoms. The Kier molecular flexibility index (Phi) is 3.90. The second kappa shape index (κ2) is 6.21. The molecule has 0 bridgehead atoms. The van der Waals surface area contributed by atoms with Crippen LogP contribution in [0.3, 0.4) is 0 Å². The van der Waals surface area contributed by atoms with Gasteiger partial charge in [0.15, 0.2) is 0 Å². The molecule has 1 atom stereocenters. The van der Waals surface area contributed by atoms with E-state index in [4.69, 9.17) is 0 Å². The summed E-state index contributed by atoms with van der Waals surface area (Å²) in [5.74, 6) is 0.726. The number of rotatable bonds is 3. The Hall–Kier alpha value is -2.46. The van der Waals surface area contributed by atoms with Crippen molar-refractivity contribution in [1.29, 1.82) is 0 Å². The predicted molar refractivity (Wildman–Crippen MR) is 96.0 cm³/mol. The second-order valence-electron chi connectivity index (χ2n) is 6.55. The van der Waals surface area contributed by atoms with Crippen molar-refractivity contribution in [2.45, 2.75) is 31.8 Å². The number of hydrogen-bond donors (Lipinski definition) is 1. The molecule has 1 aromatic heterocycles. The maximum Gasteiger partial charge on any atom is 0.258 e. The molecule has 1 N–H and O–H groups in total. The smallest absolute Gasteiger partial charge is 0.258 e. The summed E-state index contributed by atoms with van der Waals surface area (Å²) in [7, 11) is 2.11. The van der Waals surface area contributed by atoms with Crippen LogP contribution >= 0.6 is 0 Å². The highest BCUT2D eigenvalue weighted by Crippen LogP contribution is 2.33. The zero-order valence-corrected chi connectivity index (χ0v) is 13.8. The molecule has 0 saturated carbocycles. The number of nitrogens with one attached hydrogen (secondary N) is 1. The Morgan fingerprint density at radius 3 is 2.88 bits per heavy atom. The van der Waals surface area contributed by atoms with Crippen molar-refractivity contribution in [3.8, 4) is 0 Å². The molecular formula is C20H21N3O. The van der Waals surface area contributed by atoms with Crippen LogP contribution in [0, 0.1) is 0 Å². The van der Waals surface area contributed by atoms with E-state index in [0.717, 1.165) is 24.2 Å². The Balaban J connectivity index is 1.63. The number of para-hydroxylation sites is 1. The molecule has 0 fully saturated rings. The van der Waals surface area contributed by atoms with E-state index in [1.807, 2.05) is 24.3 Å². The minimum absolute atomic E-state index is 0.0620. The highest BCUT2D eigenvalue weighted by Gasteiger charge is 2.23. The molecule has 0 spiro atoms. The van der Waals surface area contributed by atoms with Crippen LogP contribution in [0.15, 0.2) is 53.3 Å². The van der Waals surface area contributed by atoms with Crippen LogP contribution in [0.25, 0.3) is 10.9 Å². The van der Waals surface area contributed by atoms with E-state index in [9.17, 15) is 4.79 Å².